The Bertz CT molecular complexity index is 3150. The van der Waals surface area contributed by atoms with Crippen LogP contribution < -0.4 is 0 Å². The Morgan fingerprint density at radius 3 is 1.84 bits per heavy atom. The lowest BCUT2D eigenvalue weighted by Gasteiger charge is -2.15. The van der Waals surface area contributed by atoms with Gasteiger partial charge in [-0.2, -0.15) is 0 Å². The Kier molecular flexibility index (Phi) is 5.63. The van der Waals surface area contributed by atoms with E-state index in [2.05, 4.69) is 162 Å². The third kappa shape index (κ3) is 3.76. The summed E-state index contributed by atoms with van der Waals surface area (Å²) < 4.78 is 8.88. The maximum Gasteiger partial charge on any atom is 0.235 e. The summed E-state index contributed by atoms with van der Waals surface area (Å²) in [5.41, 5.74) is 9.19. The van der Waals surface area contributed by atoms with E-state index < -0.39 is 0 Å². The quantitative estimate of drug-likeness (QED) is 0.194. The molecule has 0 amide bonds. The van der Waals surface area contributed by atoms with Gasteiger partial charge in [0.15, 0.2) is 0 Å². The molecule has 50 heavy (non-hydrogen) atoms. The summed E-state index contributed by atoms with van der Waals surface area (Å²) in [6.45, 7) is 0. The summed E-state index contributed by atoms with van der Waals surface area (Å²) in [5.74, 6) is 0.637. The van der Waals surface area contributed by atoms with Crippen LogP contribution in [-0.2, 0) is 0 Å². The van der Waals surface area contributed by atoms with Crippen LogP contribution in [0.15, 0.2) is 168 Å². The van der Waals surface area contributed by atoms with Crippen molar-refractivity contribution in [3.63, 3.8) is 0 Å². The number of fused-ring (bicyclic) bond motifs is 12. The predicted octanol–water partition coefficient (Wildman–Crippen LogP) is 12.3. The van der Waals surface area contributed by atoms with E-state index in [9.17, 15) is 0 Å². The van der Waals surface area contributed by atoms with Crippen LogP contribution in [0.4, 0.5) is 0 Å². The van der Waals surface area contributed by atoms with E-state index >= 15 is 0 Å². The highest BCUT2D eigenvalue weighted by Gasteiger charge is 2.24. The standard InChI is InChI=1S/C46H27N3O/c1-2-14-28(15-3-1)29-26-27-32(31-17-5-4-16-30(29)31)43-35-20-8-11-23-38(35)47-46(48-43)49-39-24-12-9-21-36(39)41-42-37-22-10-13-25-40(37)50-45(42)34-19-7-6-18-33(34)44(41)49/h1-27H. The van der Waals surface area contributed by atoms with Gasteiger partial charge in [0, 0.05) is 43.3 Å². The van der Waals surface area contributed by atoms with Gasteiger partial charge in [0.25, 0.3) is 0 Å². The van der Waals surface area contributed by atoms with Crippen molar-refractivity contribution < 1.29 is 4.42 Å². The van der Waals surface area contributed by atoms with Gasteiger partial charge in [0.1, 0.15) is 11.2 Å². The SMILES string of the molecule is c1ccc(-c2ccc(-c3nc(-n4c5ccccc5c5c6c7ccccc7oc6c6ccccc6c54)nc4ccccc34)c3ccccc23)cc1. The van der Waals surface area contributed by atoms with E-state index in [0.29, 0.717) is 5.95 Å². The number of aromatic nitrogens is 3. The number of nitrogens with zero attached hydrogens (tertiary/aromatic N) is 3. The molecule has 0 unspecified atom stereocenters. The third-order valence-electron chi connectivity index (χ3n) is 10.2. The van der Waals surface area contributed by atoms with Crippen LogP contribution in [0, 0.1) is 0 Å². The van der Waals surface area contributed by atoms with Crippen molar-refractivity contribution in [3.05, 3.63) is 164 Å². The first-order valence-electron chi connectivity index (χ1n) is 16.9. The summed E-state index contributed by atoms with van der Waals surface area (Å²) in [5, 5.41) is 10.0. The zero-order chi connectivity index (χ0) is 32.8. The predicted molar refractivity (Wildman–Crippen MR) is 207 cm³/mol. The molecule has 3 heterocycles. The fraction of sp³-hybridized carbons (Fsp3) is 0. The highest BCUT2D eigenvalue weighted by Crippen LogP contribution is 2.46. The molecule has 0 bridgehead atoms. The highest BCUT2D eigenvalue weighted by molar-refractivity contribution is 6.36. The molecule has 11 aromatic rings. The topological polar surface area (TPSA) is 43.9 Å². The molecular formula is C46H27N3O. The van der Waals surface area contributed by atoms with Crippen molar-refractivity contribution in [3.8, 4) is 28.3 Å². The normalized spacial score (nSPS) is 12.0. The molecule has 0 aliphatic rings. The van der Waals surface area contributed by atoms with Gasteiger partial charge < -0.3 is 4.42 Å². The molecule has 0 aliphatic carbocycles. The third-order valence-corrected chi connectivity index (χ3v) is 10.2. The summed E-state index contributed by atoms with van der Waals surface area (Å²) >= 11 is 0. The van der Waals surface area contributed by atoms with Crippen molar-refractivity contribution in [2.45, 2.75) is 0 Å². The van der Waals surface area contributed by atoms with Gasteiger partial charge in [-0.05, 0) is 40.1 Å². The van der Waals surface area contributed by atoms with Crippen molar-refractivity contribution in [2.75, 3.05) is 0 Å². The maximum atomic E-state index is 6.61. The molecule has 11 rings (SSSR count). The van der Waals surface area contributed by atoms with E-state index in [1.165, 1.54) is 16.5 Å². The first-order valence-corrected chi connectivity index (χ1v) is 16.9. The lowest BCUT2D eigenvalue weighted by Crippen LogP contribution is -2.04. The molecular weight excluding hydrogens is 611 g/mol. The van der Waals surface area contributed by atoms with E-state index in [0.717, 1.165) is 82.1 Å². The summed E-state index contributed by atoms with van der Waals surface area (Å²) in [6, 6.07) is 57.6. The second-order valence-electron chi connectivity index (χ2n) is 12.9. The van der Waals surface area contributed by atoms with Crippen molar-refractivity contribution in [1.82, 2.24) is 14.5 Å². The first kappa shape index (κ1) is 27.2. The minimum absolute atomic E-state index is 0.637. The van der Waals surface area contributed by atoms with Gasteiger partial charge in [-0.15, -0.1) is 0 Å². The molecule has 0 atom stereocenters. The average Bonchev–Trinajstić information content (AvgIpc) is 3.74. The first-order chi connectivity index (χ1) is 24.8. The molecule has 0 radical (unpaired) electrons. The second-order valence-corrected chi connectivity index (χ2v) is 12.9. The molecule has 0 saturated carbocycles. The van der Waals surface area contributed by atoms with Crippen LogP contribution in [0.25, 0.3) is 105 Å². The van der Waals surface area contributed by atoms with E-state index in [-0.39, 0.29) is 0 Å². The molecule has 232 valence electrons. The van der Waals surface area contributed by atoms with Crippen molar-refractivity contribution >= 4 is 76.2 Å². The zero-order valence-electron chi connectivity index (χ0n) is 26.8. The Hall–Kier alpha value is -6.78. The fourth-order valence-corrected chi connectivity index (χ4v) is 8.07. The number of hydrogen-bond donors (Lipinski definition) is 0. The molecule has 3 aromatic heterocycles. The number of para-hydroxylation sites is 3. The Balaban J connectivity index is 1.29. The monoisotopic (exact) mass is 637 g/mol. The maximum absolute atomic E-state index is 6.61. The minimum atomic E-state index is 0.637. The average molecular weight is 638 g/mol. The van der Waals surface area contributed by atoms with E-state index in [4.69, 9.17) is 14.4 Å². The van der Waals surface area contributed by atoms with E-state index in [1.54, 1.807) is 0 Å². The van der Waals surface area contributed by atoms with Crippen LogP contribution in [-0.4, -0.2) is 14.5 Å². The Morgan fingerprint density at radius 2 is 1.02 bits per heavy atom. The summed E-state index contributed by atoms with van der Waals surface area (Å²) in [6.07, 6.45) is 0. The zero-order valence-corrected chi connectivity index (χ0v) is 26.8. The molecule has 8 aromatic carbocycles. The van der Waals surface area contributed by atoms with Crippen LogP contribution in [0.2, 0.25) is 0 Å². The van der Waals surface area contributed by atoms with Gasteiger partial charge in [0.05, 0.1) is 22.2 Å². The highest BCUT2D eigenvalue weighted by atomic mass is 16.3. The number of benzene rings is 8. The summed E-state index contributed by atoms with van der Waals surface area (Å²) in [7, 11) is 0. The molecule has 4 heteroatoms. The summed E-state index contributed by atoms with van der Waals surface area (Å²) in [4.78, 5) is 10.8. The molecule has 0 N–H and O–H groups in total. The van der Waals surface area contributed by atoms with Crippen molar-refractivity contribution in [1.29, 1.82) is 0 Å². The van der Waals surface area contributed by atoms with Gasteiger partial charge in [-0.3, -0.25) is 4.57 Å². The van der Waals surface area contributed by atoms with Crippen LogP contribution >= 0.6 is 0 Å². The molecule has 4 nitrogen and oxygen atoms in total. The van der Waals surface area contributed by atoms with Gasteiger partial charge in [0.2, 0.25) is 5.95 Å². The fourth-order valence-electron chi connectivity index (χ4n) is 8.07. The smallest absolute Gasteiger partial charge is 0.235 e. The Morgan fingerprint density at radius 1 is 0.420 bits per heavy atom. The van der Waals surface area contributed by atoms with Crippen molar-refractivity contribution in [2.24, 2.45) is 0 Å². The molecule has 0 saturated heterocycles. The molecule has 0 fully saturated rings. The van der Waals surface area contributed by atoms with Crippen LogP contribution in [0.1, 0.15) is 0 Å². The number of furan rings is 1. The van der Waals surface area contributed by atoms with Gasteiger partial charge >= 0.3 is 0 Å². The van der Waals surface area contributed by atoms with E-state index in [1.807, 2.05) is 6.07 Å². The molecule has 0 spiro atoms. The lowest BCUT2D eigenvalue weighted by atomic mass is 9.93. The van der Waals surface area contributed by atoms with Crippen LogP contribution in [0.5, 0.6) is 0 Å². The number of rotatable bonds is 3. The largest absolute Gasteiger partial charge is 0.455 e. The lowest BCUT2D eigenvalue weighted by molar-refractivity contribution is 0.673. The second kappa shape index (κ2) is 10.4. The number of hydrogen-bond acceptors (Lipinski definition) is 3. The molecule has 0 aliphatic heterocycles. The van der Waals surface area contributed by atoms with Gasteiger partial charge in [-0.1, -0.05) is 146 Å². The van der Waals surface area contributed by atoms with Crippen LogP contribution in [0.3, 0.4) is 0 Å². The minimum Gasteiger partial charge on any atom is -0.455 e. The Labute approximate surface area is 286 Å². The van der Waals surface area contributed by atoms with Gasteiger partial charge in [-0.25, -0.2) is 9.97 Å².